The molecule has 0 aromatic heterocycles. The standard InChI is InChI=1S/C17H12BrN3O4/c1-2-9-25-16-8-7-15(21(23)24)10-13(16)11-19-20-17(22)12-3-5-14(18)6-4-12/h1,3-8,10-11H,9H2,(H,20,22)/b19-11-. The summed E-state index contributed by atoms with van der Waals surface area (Å²) < 4.78 is 6.16. The third-order valence-corrected chi connectivity index (χ3v) is 3.52. The van der Waals surface area contributed by atoms with E-state index in [1.54, 1.807) is 24.3 Å². The molecule has 2 aromatic rings. The topological polar surface area (TPSA) is 93.8 Å². The molecule has 2 aromatic carbocycles. The number of amides is 1. The first-order chi connectivity index (χ1) is 12.0. The molecule has 0 spiro atoms. The maximum atomic E-state index is 12.0. The van der Waals surface area contributed by atoms with Crippen LogP contribution >= 0.6 is 15.9 Å². The SMILES string of the molecule is C#CCOc1ccc([N+](=O)[O-])cc1/C=N\NC(=O)c1ccc(Br)cc1. The second-order valence-corrected chi connectivity index (χ2v) is 5.59. The maximum Gasteiger partial charge on any atom is 0.271 e. The molecular weight excluding hydrogens is 390 g/mol. The number of nitrogens with one attached hydrogen (secondary N) is 1. The molecule has 2 rings (SSSR count). The van der Waals surface area contributed by atoms with Gasteiger partial charge in [0.15, 0.2) is 0 Å². The fourth-order valence-electron chi connectivity index (χ4n) is 1.83. The van der Waals surface area contributed by atoms with Gasteiger partial charge < -0.3 is 4.74 Å². The number of nitro benzene ring substituents is 1. The summed E-state index contributed by atoms with van der Waals surface area (Å²) in [5, 5.41) is 14.7. The van der Waals surface area contributed by atoms with E-state index in [0.717, 1.165) is 4.47 Å². The van der Waals surface area contributed by atoms with Crippen molar-refractivity contribution in [1.29, 1.82) is 0 Å². The van der Waals surface area contributed by atoms with E-state index in [-0.39, 0.29) is 12.3 Å². The summed E-state index contributed by atoms with van der Waals surface area (Å²) in [6.45, 7) is 0.00387. The number of benzene rings is 2. The zero-order valence-corrected chi connectivity index (χ0v) is 14.4. The van der Waals surface area contributed by atoms with Crippen LogP contribution in [0.25, 0.3) is 0 Å². The number of hydrogen-bond acceptors (Lipinski definition) is 5. The molecule has 0 saturated carbocycles. The first-order valence-corrected chi connectivity index (χ1v) is 7.74. The number of nitrogens with zero attached hydrogens (tertiary/aromatic N) is 2. The molecule has 0 heterocycles. The van der Waals surface area contributed by atoms with Gasteiger partial charge in [-0.25, -0.2) is 5.43 Å². The van der Waals surface area contributed by atoms with E-state index in [4.69, 9.17) is 11.2 Å². The van der Waals surface area contributed by atoms with Crippen molar-refractivity contribution in [3.8, 4) is 18.1 Å². The minimum absolute atomic E-state index is 0.00387. The van der Waals surface area contributed by atoms with E-state index in [0.29, 0.717) is 16.9 Å². The average molecular weight is 402 g/mol. The predicted octanol–water partition coefficient (Wildman–Crippen LogP) is 3.13. The number of hydrazone groups is 1. The van der Waals surface area contributed by atoms with Crippen molar-refractivity contribution in [2.75, 3.05) is 6.61 Å². The van der Waals surface area contributed by atoms with Gasteiger partial charge in [-0.3, -0.25) is 14.9 Å². The average Bonchev–Trinajstić information content (AvgIpc) is 2.60. The number of carbonyl (C=O) groups is 1. The van der Waals surface area contributed by atoms with Crippen molar-refractivity contribution in [1.82, 2.24) is 5.43 Å². The highest BCUT2D eigenvalue weighted by atomic mass is 79.9. The van der Waals surface area contributed by atoms with Crippen LogP contribution in [0.2, 0.25) is 0 Å². The van der Waals surface area contributed by atoms with Crippen molar-refractivity contribution in [2.24, 2.45) is 5.10 Å². The molecule has 0 aliphatic rings. The minimum Gasteiger partial charge on any atom is -0.480 e. The largest absolute Gasteiger partial charge is 0.480 e. The third kappa shape index (κ3) is 5.16. The zero-order valence-electron chi connectivity index (χ0n) is 12.8. The number of hydrogen-bond donors (Lipinski definition) is 1. The summed E-state index contributed by atoms with van der Waals surface area (Å²) in [4.78, 5) is 22.3. The first-order valence-electron chi connectivity index (χ1n) is 6.95. The van der Waals surface area contributed by atoms with Crippen LogP contribution in [-0.2, 0) is 0 Å². The summed E-state index contributed by atoms with van der Waals surface area (Å²) in [6, 6.07) is 10.7. The molecule has 0 aliphatic carbocycles. The number of nitro groups is 1. The van der Waals surface area contributed by atoms with Gasteiger partial charge in [0.25, 0.3) is 11.6 Å². The van der Waals surface area contributed by atoms with E-state index in [1.165, 1.54) is 24.4 Å². The molecule has 0 aliphatic heterocycles. The second-order valence-electron chi connectivity index (χ2n) is 4.68. The molecule has 0 atom stereocenters. The Kier molecular flexibility index (Phi) is 6.26. The number of rotatable bonds is 6. The third-order valence-electron chi connectivity index (χ3n) is 2.99. The maximum absolute atomic E-state index is 12.0. The lowest BCUT2D eigenvalue weighted by Gasteiger charge is -2.06. The second kappa shape index (κ2) is 8.61. The Morgan fingerprint density at radius 2 is 2.08 bits per heavy atom. The van der Waals surface area contributed by atoms with Gasteiger partial charge in [-0.2, -0.15) is 5.10 Å². The first kappa shape index (κ1) is 18.2. The molecule has 0 bridgehead atoms. The molecule has 0 saturated heterocycles. The Balaban J connectivity index is 2.16. The molecule has 0 fully saturated rings. The highest BCUT2D eigenvalue weighted by molar-refractivity contribution is 9.10. The van der Waals surface area contributed by atoms with Crippen LogP contribution in [-0.4, -0.2) is 23.7 Å². The van der Waals surface area contributed by atoms with E-state index < -0.39 is 10.8 Å². The summed E-state index contributed by atoms with van der Waals surface area (Å²) in [6.07, 6.45) is 6.40. The van der Waals surface area contributed by atoms with Gasteiger partial charge in [0, 0.05) is 27.7 Å². The predicted molar refractivity (Wildman–Crippen MR) is 96.6 cm³/mol. The van der Waals surface area contributed by atoms with Gasteiger partial charge in [0.05, 0.1) is 11.1 Å². The van der Waals surface area contributed by atoms with Gasteiger partial charge in [0.1, 0.15) is 12.4 Å². The van der Waals surface area contributed by atoms with Crippen molar-refractivity contribution < 1.29 is 14.5 Å². The lowest BCUT2D eigenvalue weighted by Crippen LogP contribution is -2.17. The summed E-state index contributed by atoms with van der Waals surface area (Å²) >= 11 is 3.28. The van der Waals surface area contributed by atoms with E-state index in [2.05, 4.69) is 32.4 Å². The van der Waals surface area contributed by atoms with Crippen LogP contribution in [0, 0.1) is 22.5 Å². The highest BCUT2D eigenvalue weighted by Gasteiger charge is 2.11. The fourth-order valence-corrected chi connectivity index (χ4v) is 2.09. The van der Waals surface area contributed by atoms with Crippen LogP contribution < -0.4 is 10.2 Å². The van der Waals surface area contributed by atoms with Crippen molar-refractivity contribution in [2.45, 2.75) is 0 Å². The molecule has 25 heavy (non-hydrogen) atoms. The smallest absolute Gasteiger partial charge is 0.271 e. The van der Waals surface area contributed by atoms with E-state index in [1.807, 2.05) is 0 Å². The van der Waals surface area contributed by atoms with Crippen molar-refractivity contribution in [3.63, 3.8) is 0 Å². The van der Waals surface area contributed by atoms with Crippen LogP contribution in [0.3, 0.4) is 0 Å². The Morgan fingerprint density at radius 1 is 1.36 bits per heavy atom. The summed E-state index contributed by atoms with van der Waals surface area (Å²) in [7, 11) is 0. The zero-order chi connectivity index (χ0) is 18.2. The van der Waals surface area contributed by atoms with Crippen molar-refractivity contribution in [3.05, 3.63) is 68.2 Å². The fraction of sp³-hybridized carbons (Fsp3) is 0.0588. The minimum atomic E-state index is -0.539. The molecule has 1 N–H and O–H groups in total. The number of non-ortho nitro benzene ring substituents is 1. The van der Waals surface area contributed by atoms with Crippen molar-refractivity contribution >= 4 is 33.7 Å². The number of halogens is 1. The molecule has 126 valence electrons. The Morgan fingerprint density at radius 3 is 2.72 bits per heavy atom. The van der Waals surface area contributed by atoms with Gasteiger partial charge in [-0.05, 0) is 30.3 Å². The Labute approximate surface area is 152 Å². The van der Waals surface area contributed by atoms with Crippen LogP contribution in [0.15, 0.2) is 52.0 Å². The summed E-state index contributed by atoms with van der Waals surface area (Å²) in [5.74, 6) is 2.21. The van der Waals surface area contributed by atoms with Gasteiger partial charge >= 0.3 is 0 Å². The van der Waals surface area contributed by atoms with Crippen LogP contribution in [0.4, 0.5) is 5.69 Å². The molecule has 7 nitrogen and oxygen atoms in total. The van der Waals surface area contributed by atoms with Gasteiger partial charge in [-0.1, -0.05) is 21.9 Å². The molecule has 0 radical (unpaired) electrons. The normalized spacial score (nSPS) is 10.2. The van der Waals surface area contributed by atoms with Crippen LogP contribution in [0.5, 0.6) is 5.75 Å². The number of carbonyl (C=O) groups excluding carboxylic acids is 1. The van der Waals surface area contributed by atoms with Crippen LogP contribution in [0.1, 0.15) is 15.9 Å². The molecule has 8 heteroatoms. The Hall–Kier alpha value is -3.18. The lowest BCUT2D eigenvalue weighted by atomic mass is 10.2. The van der Waals surface area contributed by atoms with Gasteiger partial charge in [-0.15, -0.1) is 6.42 Å². The number of ether oxygens (including phenoxy) is 1. The number of terminal acetylenes is 1. The molecule has 1 amide bonds. The quantitative estimate of drug-likeness (QED) is 0.348. The summed E-state index contributed by atoms with van der Waals surface area (Å²) in [5.41, 5.74) is 2.96. The Bertz CT molecular complexity index is 857. The van der Waals surface area contributed by atoms with Gasteiger partial charge in [0.2, 0.25) is 0 Å². The van der Waals surface area contributed by atoms with E-state index in [9.17, 15) is 14.9 Å². The monoisotopic (exact) mass is 401 g/mol. The molecule has 0 unspecified atom stereocenters. The van der Waals surface area contributed by atoms with E-state index >= 15 is 0 Å². The molecular formula is C17H12BrN3O4. The lowest BCUT2D eigenvalue weighted by molar-refractivity contribution is -0.384. The highest BCUT2D eigenvalue weighted by Crippen LogP contribution is 2.22.